The Bertz CT molecular complexity index is 1110. The standard InChI is InChI=1S/C20H11F3N2O2/c21-20(22,23)17-6-3-5-13(9-17)16(12-24)8-15-11-18(25(26)27)10-14-4-1-2-7-19(14)15/h1-11H/b16-8+. The zero-order valence-electron chi connectivity index (χ0n) is 13.7. The Hall–Kier alpha value is -3.66. The molecule has 4 nitrogen and oxygen atoms in total. The van der Waals surface area contributed by atoms with Crippen LogP contribution in [0.2, 0.25) is 0 Å². The summed E-state index contributed by atoms with van der Waals surface area (Å²) >= 11 is 0. The van der Waals surface area contributed by atoms with E-state index in [1.165, 1.54) is 30.3 Å². The van der Waals surface area contributed by atoms with Gasteiger partial charge in [-0.25, -0.2) is 0 Å². The number of hydrogen-bond donors (Lipinski definition) is 0. The highest BCUT2D eigenvalue weighted by atomic mass is 19.4. The van der Waals surface area contributed by atoms with Crippen LogP contribution in [-0.4, -0.2) is 4.92 Å². The Morgan fingerprint density at radius 2 is 1.81 bits per heavy atom. The Balaban J connectivity index is 2.20. The van der Waals surface area contributed by atoms with E-state index in [9.17, 15) is 28.5 Å². The number of allylic oxidation sites excluding steroid dienone is 1. The maximum atomic E-state index is 12.9. The fourth-order valence-corrected chi connectivity index (χ4v) is 2.75. The summed E-state index contributed by atoms with van der Waals surface area (Å²) in [7, 11) is 0. The monoisotopic (exact) mass is 368 g/mol. The van der Waals surface area contributed by atoms with Crippen LogP contribution < -0.4 is 0 Å². The second-order valence-corrected chi connectivity index (χ2v) is 5.76. The predicted octanol–water partition coefficient (Wildman–Crippen LogP) is 5.83. The van der Waals surface area contributed by atoms with Crippen molar-refractivity contribution in [2.45, 2.75) is 6.18 Å². The zero-order valence-corrected chi connectivity index (χ0v) is 13.7. The van der Waals surface area contributed by atoms with Crippen LogP contribution in [-0.2, 0) is 6.18 Å². The summed E-state index contributed by atoms with van der Waals surface area (Å²) in [6.45, 7) is 0. The maximum absolute atomic E-state index is 12.9. The molecule has 7 heteroatoms. The van der Waals surface area contributed by atoms with E-state index in [1.807, 2.05) is 6.07 Å². The van der Waals surface area contributed by atoms with Crippen LogP contribution in [0.4, 0.5) is 18.9 Å². The van der Waals surface area contributed by atoms with Gasteiger partial charge in [0.05, 0.1) is 22.1 Å². The molecule has 0 saturated heterocycles. The first-order valence-electron chi connectivity index (χ1n) is 7.76. The highest BCUT2D eigenvalue weighted by molar-refractivity contribution is 5.99. The lowest BCUT2D eigenvalue weighted by atomic mass is 9.98. The molecule has 0 aromatic heterocycles. The van der Waals surface area contributed by atoms with Gasteiger partial charge in [-0.2, -0.15) is 18.4 Å². The van der Waals surface area contributed by atoms with Crippen molar-refractivity contribution in [1.29, 1.82) is 5.26 Å². The van der Waals surface area contributed by atoms with Gasteiger partial charge in [-0.1, -0.05) is 36.4 Å². The number of fused-ring (bicyclic) bond motifs is 1. The van der Waals surface area contributed by atoms with E-state index in [0.29, 0.717) is 16.3 Å². The van der Waals surface area contributed by atoms with Crippen LogP contribution >= 0.6 is 0 Å². The largest absolute Gasteiger partial charge is 0.416 e. The van der Waals surface area contributed by atoms with Crippen molar-refractivity contribution in [3.63, 3.8) is 0 Å². The van der Waals surface area contributed by atoms with Crippen LogP contribution in [0.25, 0.3) is 22.4 Å². The molecule has 0 heterocycles. The van der Waals surface area contributed by atoms with E-state index in [0.717, 1.165) is 12.1 Å². The van der Waals surface area contributed by atoms with Crippen molar-refractivity contribution in [3.05, 3.63) is 87.5 Å². The number of alkyl halides is 3. The molecule has 0 aliphatic carbocycles. The minimum atomic E-state index is -4.53. The molecule has 0 amide bonds. The number of nitro benzene ring substituents is 1. The molecule has 27 heavy (non-hydrogen) atoms. The highest BCUT2D eigenvalue weighted by Crippen LogP contribution is 2.32. The number of halogens is 3. The van der Waals surface area contributed by atoms with Crippen LogP contribution in [0.5, 0.6) is 0 Å². The summed E-state index contributed by atoms with van der Waals surface area (Å²) in [4.78, 5) is 10.6. The molecular weight excluding hydrogens is 357 g/mol. The molecule has 3 rings (SSSR count). The number of nitrogens with zero attached hydrogens (tertiary/aromatic N) is 2. The first-order chi connectivity index (χ1) is 12.8. The highest BCUT2D eigenvalue weighted by Gasteiger charge is 2.30. The molecule has 0 aliphatic rings. The Kier molecular flexibility index (Phi) is 4.65. The van der Waals surface area contributed by atoms with Gasteiger partial charge in [-0.3, -0.25) is 10.1 Å². The van der Waals surface area contributed by atoms with E-state index in [-0.39, 0.29) is 16.8 Å². The fourth-order valence-electron chi connectivity index (χ4n) is 2.75. The molecule has 0 spiro atoms. The number of nitro groups is 1. The summed E-state index contributed by atoms with van der Waals surface area (Å²) in [6.07, 6.45) is -3.17. The number of nitriles is 1. The lowest BCUT2D eigenvalue weighted by Crippen LogP contribution is -2.04. The van der Waals surface area contributed by atoms with Gasteiger partial charge in [0.1, 0.15) is 0 Å². The molecule has 0 fully saturated rings. The molecule has 0 saturated carbocycles. The van der Waals surface area contributed by atoms with Crippen molar-refractivity contribution >= 4 is 28.1 Å². The van der Waals surface area contributed by atoms with Gasteiger partial charge in [0.15, 0.2) is 0 Å². The van der Waals surface area contributed by atoms with Crippen molar-refractivity contribution in [2.75, 3.05) is 0 Å². The summed E-state index contributed by atoms with van der Waals surface area (Å²) in [5.74, 6) is 0. The summed E-state index contributed by atoms with van der Waals surface area (Å²) < 4.78 is 38.8. The van der Waals surface area contributed by atoms with E-state index >= 15 is 0 Å². The van der Waals surface area contributed by atoms with Crippen molar-refractivity contribution < 1.29 is 18.1 Å². The minimum Gasteiger partial charge on any atom is -0.258 e. The van der Waals surface area contributed by atoms with Crippen LogP contribution in [0, 0.1) is 21.4 Å². The summed E-state index contributed by atoms with van der Waals surface area (Å²) in [6, 6.07) is 15.9. The van der Waals surface area contributed by atoms with Crippen molar-refractivity contribution in [3.8, 4) is 6.07 Å². The van der Waals surface area contributed by atoms with Crippen LogP contribution in [0.3, 0.4) is 0 Å². The molecule has 134 valence electrons. The third-order valence-electron chi connectivity index (χ3n) is 4.01. The normalized spacial score (nSPS) is 12.0. The first kappa shape index (κ1) is 18.1. The molecule has 3 aromatic rings. The van der Waals surface area contributed by atoms with Crippen LogP contribution in [0.1, 0.15) is 16.7 Å². The second-order valence-electron chi connectivity index (χ2n) is 5.76. The van der Waals surface area contributed by atoms with Gasteiger partial charge < -0.3 is 0 Å². The fraction of sp³-hybridized carbons (Fsp3) is 0.0500. The SMILES string of the molecule is N#C/C(=C\c1cc([N+](=O)[O-])cc2ccccc12)c1cccc(C(F)(F)F)c1. The lowest BCUT2D eigenvalue weighted by molar-refractivity contribution is -0.384. The van der Waals surface area contributed by atoms with Gasteiger partial charge in [0.25, 0.3) is 5.69 Å². The number of benzene rings is 3. The maximum Gasteiger partial charge on any atom is 0.416 e. The van der Waals surface area contributed by atoms with Gasteiger partial charge in [-0.15, -0.1) is 0 Å². The van der Waals surface area contributed by atoms with E-state index in [4.69, 9.17) is 0 Å². The van der Waals surface area contributed by atoms with Gasteiger partial charge in [0, 0.05) is 12.1 Å². The molecule has 0 unspecified atom stereocenters. The quantitative estimate of drug-likeness (QED) is 0.253. The molecule has 0 N–H and O–H groups in total. The molecule has 0 radical (unpaired) electrons. The number of non-ortho nitro benzene ring substituents is 1. The lowest BCUT2D eigenvalue weighted by Gasteiger charge is -2.09. The Morgan fingerprint density at radius 1 is 1.07 bits per heavy atom. The molecule has 0 bridgehead atoms. The Labute approximate surface area is 151 Å². The summed E-state index contributed by atoms with van der Waals surface area (Å²) in [5.41, 5.74) is -0.588. The van der Waals surface area contributed by atoms with E-state index < -0.39 is 16.7 Å². The van der Waals surface area contributed by atoms with E-state index in [1.54, 1.807) is 24.3 Å². The molecule has 0 aliphatic heterocycles. The predicted molar refractivity (Wildman–Crippen MR) is 95.5 cm³/mol. The Morgan fingerprint density at radius 3 is 2.48 bits per heavy atom. The molecule has 0 atom stereocenters. The zero-order chi connectivity index (χ0) is 19.6. The smallest absolute Gasteiger partial charge is 0.258 e. The van der Waals surface area contributed by atoms with Gasteiger partial charge in [0.2, 0.25) is 0 Å². The second kappa shape index (κ2) is 6.92. The van der Waals surface area contributed by atoms with Gasteiger partial charge >= 0.3 is 6.18 Å². The minimum absolute atomic E-state index is 0.0215. The molecular formula is C20H11F3N2O2. The van der Waals surface area contributed by atoms with E-state index in [2.05, 4.69) is 0 Å². The van der Waals surface area contributed by atoms with Crippen molar-refractivity contribution in [2.24, 2.45) is 0 Å². The first-order valence-corrected chi connectivity index (χ1v) is 7.76. The third-order valence-corrected chi connectivity index (χ3v) is 4.01. The van der Waals surface area contributed by atoms with Gasteiger partial charge in [-0.05, 0) is 40.1 Å². The average Bonchev–Trinajstić information content (AvgIpc) is 2.65. The van der Waals surface area contributed by atoms with Crippen molar-refractivity contribution in [1.82, 2.24) is 0 Å². The number of rotatable bonds is 3. The van der Waals surface area contributed by atoms with Crippen LogP contribution in [0.15, 0.2) is 60.7 Å². The number of hydrogen-bond acceptors (Lipinski definition) is 3. The third kappa shape index (κ3) is 3.80. The topological polar surface area (TPSA) is 66.9 Å². The average molecular weight is 368 g/mol. The summed E-state index contributed by atoms with van der Waals surface area (Å²) in [5, 5.41) is 21.9. The molecule has 3 aromatic carbocycles.